The molecule has 0 N–H and O–H groups in total. The molecule has 68 valence electrons. The molecule has 0 aliphatic rings. The molecule has 0 atom stereocenters. The van der Waals surface area contributed by atoms with Crippen LogP contribution >= 0.6 is 0 Å². The van der Waals surface area contributed by atoms with Gasteiger partial charge in [0.2, 0.25) is 0 Å². The lowest BCUT2D eigenvalue weighted by Gasteiger charge is -2.02. The van der Waals surface area contributed by atoms with Crippen LogP contribution in [0.2, 0.25) is 0 Å². The normalized spacial score (nSPS) is 9.38. The molecule has 0 aromatic heterocycles. The van der Waals surface area contributed by atoms with Gasteiger partial charge in [0.1, 0.15) is 11.6 Å². The van der Waals surface area contributed by atoms with Gasteiger partial charge in [0.15, 0.2) is 0 Å². The smallest absolute Gasteiger partial charge is 0.338 e. The number of esters is 1. The Morgan fingerprint density at radius 1 is 1.38 bits per heavy atom. The maximum Gasteiger partial charge on any atom is 0.338 e. The van der Waals surface area contributed by atoms with Crippen LogP contribution in [-0.4, -0.2) is 5.97 Å². The topological polar surface area (TPSA) is 26.3 Å². The SMILES string of the molecule is C=C(C)C(=O)Oc1ccc(F)cc1. The summed E-state index contributed by atoms with van der Waals surface area (Å²) in [5, 5.41) is 0. The fourth-order valence-corrected chi connectivity index (χ4v) is 0.697. The van der Waals surface area contributed by atoms with Crippen molar-refractivity contribution in [1.29, 1.82) is 0 Å². The Kier molecular flexibility index (Phi) is 2.80. The van der Waals surface area contributed by atoms with Crippen molar-refractivity contribution in [2.24, 2.45) is 0 Å². The standard InChI is InChI=1S/C10H9FO2/c1-7(2)10(12)13-9-5-3-8(11)4-6-9/h3-6H,1H2,2H3. The van der Waals surface area contributed by atoms with Gasteiger partial charge in [-0.15, -0.1) is 0 Å². The Morgan fingerprint density at radius 2 is 1.92 bits per heavy atom. The Bertz CT molecular complexity index is 327. The zero-order chi connectivity index (χ0) is 9.84. The number of carbonyl (C=O) groups excluding carboxylic acids is 1. The van der Waals surface area contributed by atoms with Crippen LogP contribution < -0.4 is 4.74 Å². The Balaban J connectivity index is 2.70. The van der Waals surface area contributed by atoms with Crippen molar-refractivity contribution in [2.45, 2.75) is 6.92 Å². The van der Waals surface area contributed by atoms with E-state index in [-0.39, 0.29) is 5.82 Å². The van der Waals surface area contributed by atoms with Crippen molar-refractivity contribution in [3.05, 3.63) is 42.2 Å². The van der Waals surface area contributed by atoms with Crippen LogP contribution in [0.5, 0.6) is 5.75 Å². The second-order valence-corrected chi connectivity index (χ2v) is 2.62. The molecule has 0 heterocycles. The molecule has 1 aromatic carbocycles. The van der Waals surface area contributed by atoms with Gasteiger partial charge >= 0.3 is 5.97 Å². The highest BCUT2D eigenvalue weighted by atomic mass is 19.1. The maximum atomic E-state index is 12.4. The monoisotopic (exact) mass is 180 g/mol. The lowest BCUT2D eigenvalue weighted by atomic mass is 10.3. The highest BCUT2D eigenvalue weighted by Crippen LogP contribution is 2.12. The number of ether oxygens (including phenoxy) is 1. The van der Waals surface area contributed by atoms with Gasteiger partial charge in [-0.2, -0.15) is 0 Å². The highest BCUT2D eigenvalue weighted by Gasteiger charge is 2.04. The number of carbonyl (C=O) groups is 1. The van der Waals surface area contributed by atoms with Crippen molar-refractivity contribution >= 4 is 5.97 Å². The molecule has 3 heteroatoms. The van der Waals surface area contributed by atoms with E-state index in [4.69, 9.17) is 4.74 Å². The van der Waals surface area contributed by atoms with Crippen molar-refractivity contribution in [1.82, 2.24) is 0 Å². The fourth-order valence-electron chi connectivity index (χ4n) is 0.697. The van der Waals surface area contributed by atoms with Gasteiger partial charge in [-0.25, -0.2) is 9.18 Å². The minimum Gasteiger partial charge on any atom is -0.423 e. The van der Waals surface area contributed by atoms with E-state index in [1.165, 1.54) is 24.3 Å². The Labute approximate surface area is 75.6 Å². The maximum absolute atomic E-state index is 12.4. The van der Waals surface area contributed by atoms with Gasteiger partial charge in [-0.1, -0.05) is 6.58 Å². The lowest BCUT2D eigenvalue weighted by molar-refractivity contribution is -0.130. The van der Waals surface area contributed by atoms with Crippen molar-refractivity contribution in [2.75, 3.05) is 0 Å². The summed E-state index contributed by atoms with van der Waals surface area (Å²) in [6.07, 6.45) is 0. The average molecular weight is 180 g/mol. The third-order valence-electron chi connectivity index (χ3n) is 1.37. The summed E-state index contributed by atoms with van der Waals surface area (Å²) in [7, 11) is 0. The van der Waals surface area contributed by atoms with Crippen molar-refractivity contribution in [3.63, 3.8) is 0 Å². The van der Waals surface area contributed by atoms with E-state index in [1.807, 2.05) is 0 Å². The van der Waals surface area contributed by atoms with Crippen molar-refractivity contribution in [3.8, 4) is 5.75 Å². The molecule has 13 heavy (non-hydrogen) atoms. The molecular weight excluding hydrogens is 171 g/mol. The van der Waals surface area contributed by atoms with E-state index >= 15 is 0 Å². The van der Waals surface area contributed by atoms with E-state index in [1.54, 1.807) is 6.92 Å². The van der Waals surface area contributed by atoms with Crippen LogP contribution in [0.15, 0.2) is 36.4 Å². The van der Waals surface area contributed by atoms with Crippen molar-refractivity contribution < 1.29 is 13.9 Å². The first-order valence-corrected chi connectivity index (χ1v) is 3.73. The van der Waals surface area contributed by atoms with Crippen LogP contribution in [0.25, 0.3) is 0 Å². The van der Waals surface area contributed by atoms with Gasteiger partial charge in [-0.3, -0.25) is 0 Å². The van der Waals surface area contributed by atoms with Gasteiger partial charge < -0.3 is 4.74 Å². The third kappa shape index (κ3) is 2.71. The minimum absolute atomic E-state index is 0.310. The summed E-state index contributed by atoms with van der Waals surface area (Å²) in [4.78, 5) is 11.0. The number of benzene rings is 1. The Morgan fingerprint density at radius 3 is 2.38 bits per heavy atom. The molecule has 1 rings (SSSR count). The fraction of sp³-hybridized carbons (Fsp3) is 0.100. The first-order valence-electron chi connectivity index (χ1n) is 3.73. The van der Waals surface area contributed by atoms with Crippen LogP contribution in [0, 0.1) is 5.82 Å². The summed E-state index contributed by atoms with van der Waals surface area (Å²) in [5.74, 6) is -0.559. The van der Waals surface area contributed by atoms with E-state index in [0.29, 0.717) is 11.3 Å². The van der Waals surface area contributed by atoms with E-state index in [0.717, 1.165) is 0 Å². The largest absolute Gasteiger partial charge is 0.423 e. The molecule has 0 saturated heterocycles. The average Bonchev–Trinajstić information content (AvgIpc) is 2.08. The second-order valence-electron chi connectivity index (χ2n) is 2.62. The molecular formula is C10H9FO2. The molecule has 2 nitrogen and oxygen atoms in total. The molecule has 0 radical (unpaired) electrons. The first kappa shape index (κ1) is 9.45. The molecule has 0 amide bonds. The molecule has 0 bridgehead atoms. The number of rotatable bonds is 2. The summed E-state index contributed by atoms with van der Waals surface area (Å²) < 4.78 is 17.3. The van der Waals surface area contributed by atoms with E-state index in [9.17, 15) is 9.18 Å². The minimum atomic E-state index is -0.508. The predicted molar refractivity (Wildman–Crippen MR) is 46.8 cm³/mol. The van der Waals surface area contributed by atoms with Crippen LogP contribution in [0.1, 0.15) is 6.92 Å². The molecule has 1 aromatic rings. The summed E-state index contributed by atoms with van der Waals surface area (Å²) >= 11 is 0. The molecule has 0 fully saturated rings. The lowest BCUT2D eigenvalue weighted by Crippen LogP contribution is -2.07. The van der Waals surface area contributed by atoms with E-state index < -0.39 is 5.97 Å². The third-order valence-corrected chi connectivity index (χ3v) is 1.37. The van der Waals surface area contributed by atoms with Crippen LogP contribution in [-0.2, 0) is 4.79 Å². The molecule has 0 aliphatic heterocycles. The molecule has 0 unspecified atom stereocenters. The Hall–Kier alpha value is -1.64. The number of halogens is 1. The zero-order valence-corrected chi connectivity index (χ0v) is 7.21. The van der Waals surface area contributed by atoms with Crippen LogP contribution in [0.3, 0.4) is 0 Å². The summed E-state index contributed by atoms with van der Waals surface area (Å²) in [5.41, 5.74) is 0.310. The second kappa shape index (κ2) is 3.85. The van der Waals surface area contributed by atoms with Crippen LogP contribution in [0.4, 0.5) is 4.39 Å². The van der Waals surface area contributed by atoms with E-state index in [2.05, 4.69) is 6.58 Å². The predicted octanol–water partition coefficient (Wildman–Crippen LogP) is 2.31. The quantitative estimate of drug-likeness (QED) is 0.396. The van der Waals surface area contributed by atoms with Gasteiger partial charge in [0, 0.05) is 5.57 Å². The number of hydrogen-bond acceptors (Lipinski definition) is 2. The molecule has 0 saturated carbocycles. The molecule has 0 aliphatic carbocycles. The summed E-state index contributed by atoms with van der Waals surface area (Å²) in [6, 6.07) is 5.22. The zero-order valence-electron chi connectivity index (χ0n) is 7.21. The van der Waals surface area contributed by atoms with Gasteiger partial charge in [-0.05, 0) is 31.2 Å². The highest BCUT2D eigenvalue weighted by molar-refractivity contribution is 5.88. The van der Waals surface area contributed by atoms with Gasteiger partial charge in [0.25, 0.3) is 0 Å². The first-order chi connectivity index (χ1) is 6.09. The summed E-state index contributed by atoms with van der Waals surface area (Å²) in [6.45, 7) is 4.97. The number of hydrogen-bond donors (Lipinski definition) is 0. The molecule has 0 spiro atoms. The van der Waals surface area contributed by atoms with Gasteiger partial charge in [0.05, 0.1) is 0 Å².